The quantitative estimate of drug-likeness (QED) is 0.379. The lowest BCUT2D eigenvalue weighted by molar-refractivity contribution is 0.619. The van der Waals surface area contributed by atoms with Crippen LogP contribution >= 0.6 is 24.0 Å². The van der Waals surface area contributed by atoms with Crippen LogP contribution < -0.4 is 11.1 Å². The predicted octanol–water partition coefficient (Wildman–Crippen LogP) is 3.28. The van der Waals surface area contributed by atoms with E-state index in [0.29, 0.717) is 23.8 Å². The summed E-state index contributed by atoms with van der Waals surface area (Å²) in [7, 11) is 0. The SMILES string of the molecule is CCCCN=C(N)Nc1ccc(C)c(F)c1.I. The van der Waals surface area contributed by atoms with Crippen LogP contribution in [0.15, 0.2) is 23.2 Å². The van der Waals surface area contributed by atoms with Crippen molar-refractivity contribution in [2.45, 2.75) is 26.7 Å². The smallest absolute Gasteiger partial charge is 0.193 e. The van der Waals surface area contributed by atoms with Gasteiger partial charge in [-0.2, -0.15) is 0 Å². The summed E-state index contributed by atoms with van der Waals surface area (Å²) in [5.74, 6) is 0.0862. The van der Waals surface area contributed by atoms with E-state index < -0.39 is 0 Å². The maximum atomic E-state index is 13.2. The molecule has 3 nitrogen and oxygen atoms in total. The molecule has 0 aliphatic carbocycles. The zero-order valence-corrected chi connectivity index (χ0v) is 12.5. The first-order valence-electron chi connectivity index (χ1n) is 5.46. The van der Waals surface area contributed by atoms with Crippen molar-refractivity contribution in [1.29, 1.82) is 0 Å². The molecule has 17 heavy (non-hydrogen) atoms. The Hall–Kier alpha value is -0.850. The molecule has 0 aliphatic heterocycles. The van der Waals surface area contributed by atoms with E-state index >= 15 is 0 Å². The van der Waals surface area contributed by atoms with Crippen LogP contribution in [0.3, 0.4) is 0 Å². The summed E-state index contributed by atoms with van der Waals surface area (Å²) in [5.41, 5.74) is 6.89. The number of hydrogen-bond acceptors (Lipinski definition) is 1. The molecule has 1 aromatic carbocycles. The van der Waals surface area contributed by atoms with Crippen molar-refractivity contribution in [2.75, 3.05) is 11.9 Å². The highest BCUT2D eigenvalue weighted by atomic mass is 127. The van der Waals surface area contributed by atoms with Gasteiger partial charge in [-0.05, 0) is 31.0 Å². The number of aliphatic imine (C=N–C) groups is 1. The highest BCUT2D eigenvalue weighted by molar-refractivity contribution is 14.0. The lowest BCUT2D eigenvalue weighted by Gasteiger charge is -2.06. The number of anilines is 1. The second-order valence-electron chi connectivity index (χ2n) is 3.71. The highest BCUT2D eigenvalue weighted by Gasteiger charge is 1.99. The third kappa shape index (κ3) is 5.86. The summed E-state index contributed by atoms with van der Waals surface area (Å²) in [6.45, 7) is 4.51. The Kier molecular flexibility index (Phi) is 7.86. The Morgan fingerprint density at radius 1 is 1.47 bits per heavy atom. The second-order valence-corrected chi connectivity index (χ2v) is 3.71. The zero-order valence-electron chi connectivity index (χ0n) is 10.2. The number of guanidine groups is 1. The van der Waals surface area contributed by atoms with E-state index in [2.05, 4.69) is 17.2 Å². The molecule has 0 spiro atoms. The molecule has 0 radical (unpaired) electrons. The molecule has 96 valence electrons. The third-order valence-electron chi connectivity index (χ3n) is 2.24. The van der Waals surface area contributed by atoms with Crippen LogP contribution in [-0.2, 0) is 0 Å². The molecule has 0 aromatic heterocycles. The second kappa shape index (κ2) is 8.27. The first-order chi connectivity index (χ1) is 7.63. The van der Waals surface area contributed by atoms with Crippen molar-refractivity contribution in [3.8, 4) is 0 Å². The molecule has 1 aromatic rings. The van der Waals surface area contributed by atoms with Crippen molar-refractivity contribution in [3.63, 3.8) is 0 Å². The summed E-state index contributed by atoms with van der Waals surface area (Å²) in [6, 6.07) is 4.90. The number of hydrogen-bond donors (Lipinski definition) is 2. The largest absolute Gasteiger partial charge is 0.370 e. The Morgan fingerprint density at radius 3 is 2.76 bits per heavy atom. The predicted molar refractivity (Wildman–Crippen MR) is 81.6 cm³/mol. The average molecular weight is 351 g/mol. The molecule has 0 amide bonds. The normalized spacial score (nSPS) is 10.9. The van der Waals surface area contributed by atoms with Gasteiger partial charge < -0.3 is 11.1 Å². The number of unbranched alkanes of at least 4 members (excludes halogenated alkanes) is 1. The van der Waals surface area contributed by atoms with E-state index in [4.69, 9.17) is 5.73 Å². The van der Waals surface area contributed by atoms with E-state index in [1.807, 2.05) is 0 Å². The number of halogens is 2. The van der Waals surface area contributed by atoms with E-state index in [-0.39, 0.29) is 29.8 Å². The van der Waals surface area contributed by atoms with E-state index in [9.17, 15) is 4.39 Å². The average Bonchev–Trinajstić information content (AvgIpc) is 2.24. The summed E-state index contributed by atoms with van der Waals surface area (Å²) >= 11 is 0. The fourth-order valence-electron chi connectivity index (χ4n) is 1.22. The molecule has 5 heteroatoms. The van der Waals surface area contributed by atoms with Gasteiger partial charge in [-0.25, -0.2) is 4.39 Å². The van der Waals surface area contributed by atoms with Crippen LogP contribution in [0.2, 0.25) is 0 Å². The number of aryl methyl sites for hydroxylation is 1. The fraction of sp³-hybridized carbons (Fsp3) is 0.417. The van der Waals surface area contributed by atoms with Crippen LogP contribution in [0, 0.1) is 12.7 Å². The first kappa shape index (κ1) is 16.1. The van der Waals surface area contributed by atoms with Crippen molar-refractivity contribution in [3.05, 3.63) is 29.6 Å². The van der Waals surface area contributed by atoms with Gasteiger partial charge in [0.05, 0.1) is 0 Å². The topological polar surface area (TPSA) is 50.4 Å². The molecule has 1 rings (SSSR count). The minimum absolute atomic E-state index is 0. The van der Waals surface area contributed by atoms with Gasteiger partial charge in [0.1, 0.15) is 5.82 Å². The monoisotopic (exact) mass is 351 g/mol. The minimum Gasteiger partial charge on any atom is -0.370 e. The summed E-state index contributed by atoms with van der Waals surface area (Å²) in [4.78, 5) is 4.12. The van der Waals surface area contributed by atoms with Gasteiger partial charge in [-0.1, -0.05) is 19.4 Å². The van der Waals surface area contributed by atoms with Crippen LogP contribution in [0.1, 0.15) is 25.3 Å². The van der Waals surface area contributed by atoms with Gasteiger partial charge in [-0.15, -0.1) is 24.0 Å². The number of nitrogens with zero attached hydrogens (tertiary/aromatic N) is 1. The lowest BCUT2D eigenvalue weighted by atomic mass is 10.2. The van der Waals surface area contributed by atoms with Crippen LogP contribution in [0.4, 0.5) is 10.1 Å². The molecular weight excluding hydrogens is 332 g/mol. The molecule has 0 fully saturated rings. The van der Waals surface area contributed by atoms with Crippen molar-refractivity contribution in [2.24, 2.45) is 10.7 Å². The number of nitrogens with one attached hydrogen (secondary N) is 1. The Balaban J connectivity index is 0.00000256. The molecular formula is C12H19FIN3. The van der Waals surface area contributed by atoms with Gasteiger partial charge in [-0.3, -0.25) is 4.99 Å². The van der Waals surface area contributed by atoms with E-state index in [1.165, 1.54) is 6.07 Å². The molecule has 0 heterocycles. The van der Waals surface area contributed by atoms with Gasteiger partial charge >= 0.3 is 0 Å². The van der Waals surface area contributed by atoms with E-state index in [0.717, 1.165) is 12.8 Å². The molecule has 0 saturated heterocycles. The number of nitrogens with two attached hydrogens (primary N) is 1. The third-order valence-corrected chi connectivity index (χ3v) is 2.24. The minimum atomic E-state index is -0.244. The molecule has 0 aliphatic rings. The first-order valence-corrected chi connectivity index (χ1v) is 5.46. The maximum Gasteiger partial charge on any atom is 0.193 e. The Labute approximate surface area is 119 Å². The zero-order chi connectivity index (χ0) is 12.0. The van der Waals surface area contributed by atoms with Crippen LogP contribution in [-0.4, -0.2) is 12.5 Å². The summed E-state index contributed by atoms with van der Waals surface area (Å²) in [6.07, 6.45) is 2.08. The standard InChI is InChI=1S/C12H18FN3.HI/c1-3-4-7-15-12(14)16-10-6-5-9(2)11(13)8-10;/h5-6,8H,3-4,7H2,1-2H3,(H3,14,15,16);1H. The molecule has 0 saturated carbocycles. The van der Waals surface area contributed by atoms with Gasteiger partial charge in [0.2, 0.25) is 0 Å². The molecule has 0 atom stereocenters. The highest BCUT2D eigenvalue weighted by Crippen LogP contribution is 2.13. The number of benzene rings is 1. The maximum absolute atomic E-state index is 13.2. The lowest BCUT2D eigenvalue weighted by Crippen LogP contribution is -2.22. The van der Waals surface area contributed by atoms with Crippen molar-refractivity contribution < 1.29 is 4.39 Å². The molecule has 3 N–H and O–H groups in total. The van der Waals surface area contributed by atoms with Crippen molar-refractivity contribution >= 4 is 35.6 Å². The van der Waals surface area contributed by atoms with Gasteiger partial charge in [0.25, 0.3) is 0 Å². The molecule has 0 unspecified atom stereocenters. The summed E-state index contributed by atoms with van der Waals surface area (Å²) in [5, 5.41) is 2.86. The summed E-state index contributed by atoms with van der Waals surface area (Å²) < 4.78 is 13.2. The molecule has 0 bridgehead atoms. The van der Waals surface area contributed by atoms with E-state index in [1.54, 1.807) is 19.1 Å². The van der Waals surface area contributed by atoms with Crippen molar-refractivity contribution in [1.82, 2.24) is 0 Å². The van der Waals surface area contributed by atoms with Crippen LogP contribution in [0.25, 0.3) is 0 Å². The Bertz CT molecular complexity index is 380. The number of rotatable bonds is 4. The van der Waals surface area contributed by atoms with Crippen LogP contribution in [0.5, 0.6) is 0 Å². The fourth-order valence-corrected chi connectivity index (χ4v) is 1.22. The van der Waals surface area contributed by atoms with Gasteiger partial charge in [0.15, 0.2) is 5.96 Å². The van der Waals surface area contributed by atoms with Gasteiger partial charge in [0, 0.05) is 12.2 Å². The Morgan fingerprint density at radius 2 is 2.18 bits per heavy atom.